The van der Waals surface area contributed by atoms with Gasteiger partial charge in [-0.2, -0.15) is 0 Å². The van der Waals surface area contributed by atoms with E-state index >= 15 is 0 Å². The normalized spacial score (nSPS) is 22.0. The molecule has 2 fully saturated rings. The van der Waals surface area contributed by atoms with Crippen molar-refractivity contribution in [1.29, 1.82) is 0 Å². The van der Waals surface area contributed by atoms with Gasteiger partial charge >= 0.3 is 0 Å². The van der Waals surface area contributed by atoms with E-state index in [1.165, 1.54) is 32.1 Å². The summed E-state index contributed by atoms with van der Waals surface area (Å²) in [6.45, 7) is 2.80. The lowest BCUT2D eigenvalue weighted by Crippen LogP contribution is -2.37. The lowest BCUT2D eigenvalue weighted by molar-refractivity contribution is -0.125. The molecule has 1 saturated heterocycles. The van der Waals surface area contributed by atoms with Crippen LogP contribution >= 0.6 is 0 Å². The summed E-state index contributed by atoms with van der Waals surface area (Å²) in [7, 11) is 2.15. The molecule has 0 aromatic carbocycles. The molecule has 1 saturated carbocycles. The Balaban J connectivity index is 1.69. The fourth-order valence-electron chi connectivity index (χ4n) is 2.34. The molecule has 0 radical (unpaired) electrons. The first-order chi connectivity index (χ1) is 7.77. The second kappa shape index (κ2) is 5.48. The van der Waals surface area contributed by atoms with Crippen LogP contribution in [0, 0.1) is 0 Å². The van der Waals surface area contributed by atoms with E-state index in [0.29, 0.717) is 0 Å². The van der Waals surface area contributed by atoms with Crippen LogP contribution < -0.4 is 0 Å². The SMILES string of the molecule is CN(CC=CC(=O)N1CCCC1)C1CCC1. The molecule has 3 nitrogen and oxygen atoms in total. The molecule has 3 heteroatoms. The van der Waals surface area contributed by atoms with E-state index in [2.05, 4.69) is 11.9 Å². The number of carbonyl (C=O) groups excluding carboxylic acids is 1. The van der Waals surface area contributed by atoms with Crippen molar-refractivity contribution >= 4 is 5.91 Å². The van der Waals surface area contributed by atoms with Crippen molar-refractivity contribution in [2.45, 2.75) is 38.1 Å². The van der Waals surface area contributed by atoms with E-state index in [9.17, 15) is 4.79 Å². The van der Waals surface area contributed by atoms with E-state index in [1.807, 2.05) is 11.0 Å². The highest BCUT2D eigenvalue weighted by Gasteiger charge is 2.21. The minimum absolute atomic E-state index is 0.194. The van der Waals surface area contributed by atoms with E-state index in [1.54, 1.807) is 6.08 Å². The Morgan fingerprint density at radius 3 is 2.56 bits per heavy atom. The zero-order valence-electron chi connectivity index (χ0n) is 10.2. The molecule has 1 heterocycles. The van der Waals surface area contributed by atoms with Gasteiger partial charge < -0.3 is 4.90 Å². The van der Waals surface area contributed by atoms with Gasteiger partial charge in [0.05, 0.1) is 0 Å². The first-order valence-corrected chi connectivity index (χ1v) is 6.43. The van der Waals surface area contributed by atoms with Gasteiger partial charge in [-0.15, -0.1) is 0 Å². The molecule has 0 aromatic rings. The molecule has 1 aliphatic carbocycles. The molecule has 0 spiro atoms. The van der Waals surface area contributed by atoms with Crippen LogP contribution in [0.15, 0.2) is 12.2 Å². The summed E-state index contributed by atoms with van der Waals surface area (Å²) < 4.78 is 0. The van der Waals surface area contributed by atoms with Gasteiger partial charge in [0.25, 0.3) is 0 Å². The van der Waals surface area contributed by atoms with Gasteiger partial charge in [-0.05, 0) is 32.7 Å². The van der Waals surface area contributed by atoms with Gasteiger partial charge in [0.15, 0.2) is 0 Å². The Hall–Kier alpha value is -0.830. The van der Waals surface area contributed by atoms with Crippen LogP contribution in [-0.2, 0) is 4.79 Å². The average molecular weight is 222 g/mol. The zero-order valence-corrected chi connectivity index (χ0v) is 10.2. The molecule has 0 atom stereocenters. The van der Waals surface area contributed by atoms with Crippen molar-refractivity contribution in [3.8, 4) is 0 Å². The number of rotatable bonds is 4. The van der Waals surface area contributed by atoms with Crippen LogP contribution in [0.5, 0.6) is 0 Å². The molecular weight excluding hydrogens is 200 g/mol. The first-order valence-electron chi connectivity index (χ1n) is 6.43. The van der Waals surface area contributed by atoms with Crippen molar-refractivity contribution in [1.82, 2.24) is 9.80 Å². The average Bonchev–Trinajstić information content (AvgIpc) is 2.67. The number of likely N-dealkylation sites (tertiary alicyclic amines) is 1. The summed E-state index contributed by atoms with van der Waals surface area (Å²) in [6, 6.07) is 0.756. The first kappa shape index (κ1) is 11.6. The Morgan fingerprint density at radius 2 is 2.00 bits per heavy atom. The minimum Gasteiger partial charge on any atom is -0.339 e. The van der Waals surface area contributed by atoms with Crippen molar-refractivity contribution in [2.24, 2.45) is 0 Å². The smallest absolute Gasteiger partial charge is 0.246 e. The summed E-state index contributed by atoms with van der Waals surface area (Å²) >= 11 is 0. The zero-order chi connectivity index (χ0) is 11.4. The maximum absolute atomic E-state index is 11.7. The summed E-state index contributed by atoms with van der Waals surface area (Å²) in [5, 5.41) is 0. The Bertz CT molecular complexity index is 265. The van der Waals surface area contributed by atoms with Gasteiger partial charge in [-0.1, -0.05) is 12.5 Å². The second-order valence-corrected chi connectivity index (χ2v) is 4.96. The molecule has 0 N–H and O–H groups in total. The monoisotopic (exact) mass is 222 g/mol. The van der Waals surface area contributed by atoms with Gasteiger partial charge in [-0.25, -0.2) is 0 Å². The number of likely N-dealkylation sites (N-methyl/N-ethyl adjacent to an activating group) is 1. The fourth-order valence-corrected chi connectivity index (χ4v) is 2.34. The highest BCUT2D eigenvalue weighted by Crippen LogP contribution is 2.23. The van der Waals surface area contributed by atoms with Gasteiger partial charge in [0.1, 0.15) is 0 Å². The van der Waals surface area contributed by atoms with Gasteiger partial charge in [0, 0.05) is 31.8 Å². The number of hydrogen-bond donors (Lipinski definition) is 0. The third-order valence-corrected chi connectivity index (χ3v) is 3.77. The van der Waals surface area contributed by atoms with E-state index < -0.39 is 0 Å². The Labute approximate surface area is 98.1 Å². The van der Waals surface area contributed by atoms with Crippen LogP contribution in [0.4, 0.5) is 0 Å². The van der Waals surface area contributed by atoms with Gasteiger partial charge in [0.2, 0.25) is 5.91 Å². The lowest BCUT2D eigenvalue weighted by atomic mass is 9.92. The van der Waals surface area contributed by atoms with Crippen molar-refractivity contribution in [3.05, 3.63) is 12.2 Å². The number of amides is 1. The minimum atomic E-state index is 0.194. The van der Waals surface area contributed by atoms with Crippen molar-refractivity contribution < 1.29 is 4.79 Å². The third kappa shape index (κ3) is 2.85. The van der Waals surface area contributed by atoms with Crippen LogP contribution in [0.3, 0.4) is 0 Å². The van der Waals surface area contributed by atoms with E-state index in [0.717, 1.165) is 25.7 Å². The summed E-state index contributed by atoms with van der Waals surface area (Å²) in [6.07, 6.45) is 10.1. The molecule has 2 rings (SSSR count). The van der Waals surface area contributed by atoms with Crippen LogP contribution in [-0.4, -0.2) is 48.4 Å². The predicted octanol–water partition coefficient (Wildman–Crippen LogP) is 1.65. The van der Waals surface area contributed by atoms with Crippen LogP contribution in [0.25, 0.3) is 0 Å². The molecule has 1 aliphatic heterocycles. The topological polar surface area (TPSA) is 23.6 Å². The maximum atomic E-state index is 11.7. The highest BCUT2D eigenvalue weighted by molar-refractivity contribution is 5.87. The van der Waals surface area contributed by atoms with Gasteiger partial charge in [-0.3, -0.25) is 9.69 Å². The molecule has 2 aliphatic rings. The predicted molar refractivity (Wildman–Crippen MR) is 65.2 cm³/mol. The van der Waals surface area contributed by atoms with Crippen molar-refractivity contribution in [2.75, 3.05) is 26.7 Å². The molecule has 16 heavy (non-hydrogen) atoms. The molecule has 0 aromatic heterocycles. The molecule has 1 amide bonds. The molecular formula is C13H22N2O. The molecule has 90 valence electrons. The number of hydrogen-bond acceptors (Lipinski definition) is 2. The molecule has 0 bridgehead atoms. The van der Waals surface area contributed by atoms with Crippen molar-refractivity contribution in [3.63, 3.8) is 0 Å². The Kier molecular flexibility index (Phi) is 3.99. The van der Waals surface area contributed by atoms with Crippen LogP contribution in [0.1, 0.15) is 32.1 Å². The highest BCUT2D eigenvalue weighted by atomic mass is 16.2. The number of nitrogens with zero attached hydrogens (tertiary/aromatic N) is 2. The summed E-state index contributed by atoms with van der Waals surface area (Å²) in [4.78, 5) is 16.0. The Morgan fingerprint density at radius 1 is 1.31 bits per heavy atom. The molecule has 0 unspecified atom stereocenters. The van der Waals surface area contributed by atoms with E-state index in [4.69, 9.17) is 0 Å². The standard InChI is InChI=1S/C13H22N2O/c1-14(12-6-4-7-12)9-5-8-13(16)15-10-2-3-11-15/h5,8,12H,2-4,6-7,9-11H2,1H3. The largest absolute Gasteiger partial charge is 0.339 e. The second-order valence-electron chi connectivity index (χ2n) is 4.96. The summed E-state index contributed by atoms with van der Waals surface area (Å²) in [5.74, 6) is 0.194. The quantitative estimate of drug-likeness (QED) is 0.675. The fraction of sp³-hybridized carbons (Fsp3) is 0.769. The number of carbonyl (C=O) groups is 1. The van der Waals surface area contributed by atoms with E-state index in [-0.39, 0.29) is 5.91 Å². The maximum Gasteiger partial charge on any atom is 0.246 e. The summed E-state index contributed by atoms with van der Waals surface area (Å²) in [5.41, 5.74) is 0. The van der Waals surface area contributed by atoms with Crippen LogP contribution in [0.2, 0.25) is 0 Å². The third-order valence-electron chi connectivity index (χ3n) is 3.77. The lowest BCUT2D eigenvalue weighted by Gasteiger charge is -2.33.